The molecule has 1 N–H and O–H groups in total. The van der Waals surface area contributed by atoms with Gasteiger partial charge in [0.1, 0.15) is 0 Å². The Kier molecular flexibility index (Phi) is 8.68. The lowest BCUT2D eigenvalue weighted by atomic mass is 9.60. The summed E-state index contributed by atoms with van der Waals surface area (Å²) >= 11 is 7.05. The number of likely N-dealkylation sites (tertiary alicyclic amines) is 1. The topological polar surface area (TPSA) is 85.8 Å². The van der Waals surface area contributed by atoms with Crippen molar-refractivity contribution in [2.24, 2.45) is 5.41 Å². The zero-order chi connectivity index (χ0) is 33.1. The van der Waals surface area contributed by atoms with E-state index >= 15 is 0 Å². The SMILES string of the molecule is C=CC(=O)N1CC2(CC(n3nc(N4CCCCC4(C)C)c(-c4c(Cl)c(C)cc5[nH]ncc45)c3C)C2)C1.CN1CCN(C2COC2)CC1. The third-order valence-corrected chi connectivity index (χ3v) is 12.0. The Hall–Kier alpha value is -2.92. The third-order valence-electron chi connectivity index (χ3n) is 11.5. The summed E-state index contributed by atoms with van der Waals surface area (Å²) in [5, 5.41) is 14.6. The summed E-state index contributed by atoms with van der Waals surface area (Å²) in [6.07, 6.45) is 8.93. The number of piperazine rings is 1. The van der Waals surface area contributed by atoms with Gasteiger partial charge in [0.05, 0.1) is 42.0 Å². The second kappa shape index (κ2) is 12.5. The van der Waals surface area contributed by atoms with E-state index in [4.69, 9.17) is 21.4 Å². The van der Waals surface area contributed by atoms with Gasteiger partial charge in [-0.3, -0.25) is 19.5 Å². The smallest absolute Gasteiger partial charge is 0.245 e. The molecule has 1 aromatic carbocycles. The number of carbonyl (C=O) groups excluding carboxylic acids is 1. The molecular formula is C36H51ClN8O2. The van der Waals surface area contributed by atoms with E-state index in [0.29, 0.717) is 6.04 Å². The van der Waals surface area contributed by atoms with Gasteiger partial charge in [-0.2, -0.15) is 10.2 Å². The highest BCUT2D eigenvalue weighted by atomic mass is 35.5. The lowest BCUT2D eigenvalue weighted by molar-refractivity contribution is -0.149. The molecule has 5 fully saturated rings. The van der Waals surface area contributed by atoms with Crippen LogP contribution in [0.2, 0.25) is 5.02 Å². The zero-order valence-corrected chi connectivity index (χ0v) is 29.6. The molecule has 1 spiro atoms. The van der Waals surface area contributed by atoms with E-state index in [1.807, 2.05) is 11.1 Å². The van der Waals surface area contributed by atoms with Gasteiger partial charge in [0.25, 0.3) is 0 Å². The molecule has 0 bridgehead atoms. The van der Waals surface area contributed by atoms with Gasteiger partial charge in [-0.05, 0) is 84.6 Å². The van der Waals surface area contributed by atoms with Crippen molar-refractivity contribution in [3.05, 3.63) is 41.2 Å². The van der Waals surface area contributed by atoms with Crippen molar-refractivity contribution in [2.45, 2.75) is 77.4 Å². The van der Waals surface area contributed by atoms with Gasteiger partial charge in [0.15, 0.2) is 5.82 Å². The number of nitrogens with zero attached hydrogens (tertiary/aromatic N) is 7. The minimum Gasteiger partial charge on any atom is -0.378 e. The lowest BCUT2D eigenvalue weighted by Crippen LogP contribution is -2.63. The Morgan fingerprint density at radius 2 is 1.79 bits per heavy atom. The number of halogens is 1. The molecule has 2 aromatic heterocycles. The van der Waals surface area contributed by atoms with Gasteiger partial charge < -0.3 is 19.4 Å². The van der Waals surface area contributed by atoms with Gasteiger partial charge in [-0.1, -0.05) is 18.2 Å². The highest BCUT2D eigenvalue weighted by Crippen LogP contribution is 2.56. The number of likely N-dealkylation sites (N-methyl/N-ethyl adjacent to an activating group) is 1. The number of H-pyrrole nitrogens is 1. The predicted octanol–water partition coefficient (Wildman–Crippen LogP) is 5.45. The normalized spacial score (nSPS) is 23.2. The number of carbonyl (C=O) groups is 1. The largest absolute Gasteiger partial charge is 0.378 e. The fourth-order valence-electron chi connectivity index (χ4n) is 8.48. The first kappa shape index (κ1) is 32.6. The second-order valence-corrected chi connectivity index (χ2v) is 15.7. The fraction of sp³-hybridized carbons (Fsp3) is 0.639. The molecule has 5 aliphatic rings. The van der Waals surface area contributed by atoms with Gasteiger partial charge in [0.2, 0.25) is 5.91 Å². The quantitative estimate of drug-likeness (QED) is 0.364. The second-order valence-electron chi connectivity index (χ2n) is 15.4. The number of hydrogen-bond acceptors (Lipinski definition) is 7. The molecule has 254 valence electrons. The maximum atomic E-state index is 12.0. The van der Waals surface area contributed by atoms with Crippen molar-refractivity contribution in [3.63, 3.8) is 0 Å². The number of ether oxygens (including phenoxy) is 1. The average molecular weight is 663 g/mol. The molecule has 0 radical (unpaired) electrons. The third kappa shape index (κ3) is 5.89. The molecule has 8 rings (SSSR count). The van der Waals surface area contributed by atoms with Crippen LogP contribution in [0.5, 0.6) is 0 Å². The number of anilines is 1. The Morgan fingerprint density at radius 1 is 1.06 bits per heavy atom. The van der Waals surface area contributed by atoms with Crippen LogP contribution in [0.4, 0.5) is 5.82 Å². The monoisotopic (exact) mass is 662 g/mol. The van der Waals surface area contributed by atoms with Crippen LogP contribution in [0.3, 0.4) is 0 Å². The number of amides is 1. The molecule has 0 unspecified atom stereocenters. The van der Waals surface area contributed by atoms with Crippen molar-refractivity contribution in [2.75, 3.05) is 71.0 Å². The summed E-state index contributed by atoms with van der Waals surface area (Å²) in [6.45, 7) is 22.0. The summed E-state index contributed by atoms with van der Waals surface area (Å²) in [5.41, 5.74) is 5.58. The summed E-state index contributed by atoms with van der Waals surface area (Å²) in [4.78, 5) is 21.3. The van der Waals surface area contributed by atoms with Crippen LogP contribution in [-0.2, 0) is 9.53 Å². The fourth-order valence-corrected chi connectivity index (χ4v) is 8.73. The predicted molar refractivity (Wildman–Crippen MR) is 188 cm³/mol. The number of aryl methyl sites for hydroxylation is 1. The number of piperidine rings is 1. The minimum absolute atomic E-state index is 0.0186. The van der Waals surface area contributed by atoms with Crippen molar-refractivity contribution in [3.8, 4) is 11.1 Å². The van der Waals surface area contributed by atoms with E-state index in [9.17, 15) is 4.79 Å². The van der Waals surface area contributed by atoms with Crippen LogP contribution in [0.15, 0.2) is 24.9 Å². The van der Waals surface area contributed by atoms with Crippen molar-refractivity contribution in [1.82, 2.24) is 34.7 Å². The zero-order valence-electron chi connectivity index (χ0n) is 28.8. The van der Waals surface area contributed by atoms with Crippen molar-refractivity contribution >= 4 is 34.2 Å². The summed E-state index contributed by atoms with van der Waals surface area (Å²) in [7, 11) is 2.19. The molecule has 1 amide bonds. The maximum absolute atomic E-state index is 12.0. The number of rotatable bonds is 5. The molecule has 6 heterocycles. The van der Waals surface area contributed by atoms with Crippen LogP contribution in [-0.4, -0.2) is 118 Å². The number of fused-ring (bicyclic) bond motifs is 1. The highest BCUT2D eigenvalue weighted by Gasteiger charge is 2.54. The molecular weight excluding hydrogens is 612 g/mol. The summed E-state index contributed by atoms with van der Waals surface area (Å²) < 4.78 is 7.41. The first-order valence-corrected chi connectivity index (χ1v) is 17.8. The van der Waals surface area contributed by atoms with Crippen LogP contribution in [0, 0.1) is 19.3 Å². The van der Waals surface area contributed by atoms with Gasteiger partial charge in [0, 0.05) is 79.0 Å². The van der Waals surface area contributed by atoms with Crippen LogP contribution in [0.1, 0.15) is 63.3 Å². The van der Waals surface area contributed by atoms with E-state index in [2.05, 4.69) is 77.0 Å². The van der Waals surface area contributed by atoms with E-state index in [1.54, 1.807) is 0 Å². The number of benzene rings is 1. The van der Waals surface area contributed by atoms with Crippen LogP contribution < -0.4 is 4.90 Å². The summed E-state index contributed by atoms with van der Waals surface area (Å²) in [5.74, 6) is 1.07. The number of aromatic nitrogens is 4. The Labute approximate surface area is 284 Å². The number of nitrogens with one attached hydrogen (secondary N) is 1. The molecule has 0 atom stereocenters. The molecule has 4 saturated heterocycles. The van der Waals surface area contributed by atoms with E-state index < -0.39 is 0 Å². The Balaban J connectivity index is 0.000000269. The standard InChI is InChI=1S/C28H35ClN6O.C8H16N2O/c1-6-22(36)33-15-28(16-33)12-19(13-28)35-18(3)23(26(32-35)34-10-8-7-9-27(34,4)5)24-20-14-30-31-21(20)11-17(2)25(24)29;1-9-2-4-10(5-3-9)8-6-11-7-8/h6,11,14,19H,1,7-10,12-13,15-16H2,2-5H3,(H,30,31);8H,2-7H2,1H3. The van der Waals surface area contributed by atoms with Gasteiger partial charge in [-0.25, -0.2) is 0 Å². The van der Waals surface area contributed by atoms with Crippen LogP contribution in [0.25, 0.3) is 22.0 Å². The Bertz CT molecular complexity index is 1640. The Morgan fingerprint density at radius 3 is 2.43 bits per heavy atom. The molecule has 10 nitrogen and oxygen atoms in total. The molecule has 3 aromatic rings. The van der Waals surface area contributed by atoms with Crippen molar-refractivity contribution in [1.29, 1.82) is 0 Å². The van der Waals surface area contributed by atoms with E-state index in [1.165, 1.54) is 38.7 Å². The van der Waals surface area contributed by atoms with E-state index in [-0.39, 0.29) is 16.9 Å². The molecule has 11 heteroatoms. The first-order valence-electron chi connectivity index (χ1n) is 17.4. The van der Waals surface area contributed by atoms with Gasteiger partial charge >= 0.3 is 0 Å². The summed E-state index contributed by atoms with van der Waals surface area (Å²) in [6, 6.07) is 3.14. The minimum atomic E-state index is 0.0186. The maximum Gasteiger partial charge on any atom is 0.245 e. The van der Waals surface area contributed by atoms with Crippen molar-refractivity contribution < 1.29 is 9.53 Å². The molecule has 1 aliphatic carbocycles. The molecule has 4 aliphatic heterocycles. The van der Waals surface area contributed by atoms with E-state index in [0.717, 1.165) is 109 Å². The molecule has 47 heavy (non-hydrogen) atoms. The first-order chi connectivity index (χ1) is 22.5. The highest BCUT2D eigenvalue weighted by molar-refractivity contribution is 6.36. The van der Waals surface area contributed by atoms with Crippen LogP contribution >= 0.6 is 11.6 Å². The number of aromatic amines is 1. The van der Waals surface area contributed by atoms with Gasteiger partial charge in [-0.15, -0.1) is 0 Å². The molecule has 1 saturated carbocycles. The average Bonchev–Trinajstić information content (AvgIpc) is 3.57. The number of hydrogen-bond donors (Lipinski definition) is 1. The lowest BCUT2D eigenvalue weighted by Gasteiger charge is -2.58.